The lowest BCUT2D eigenvalue weighted by Crippen LogP contribution is -2.30. The van der Waals surface area contributed by atoms with Crippen molar-refractivity contribution in [2.75, 3.05) is 19.5 Å². The molecule has 2 aromatic carbocycles. The minimum Gasteiger partial charge on any atom is -0.496 e. The Bertz CT molecular complexity index is 628. The molecule has 0 saturated heterocycles. The van der Waals surface area contributed by atoms with Crippen molar-refractivity contribution in [3.8, 4) is 5.75 Å². The van der Waals surface area contributed by atoms with Crippen LogP contribution in [-0.2, 0) is 6.54 Å². The Labute approximate surface area is 131 Å². The standard InChI is InChI=1S/C17H20N2OS/c1-13-7-6-9-15(11-13)18-17(21)19(2)12-14-8-4-5-10-16(14)20-3/h4-11H,12H2,1-3H3,(H,18,21). The van der Waals surface area contributed by atoms with Crippen LogP contribution in [0.5, 0.6) is 5.75 Å². The first kappa shape index (κ1) is 15.3. The van der Waals surface area contributed by atoms with Gasteiger partial charge in [0.05, 0.1) is 7.11 Å². The van der Waals surface area contributed by atoms with Gasteiger partial charge in [0.2, 0.25) is 0 Å². The van der Waals surface area contributed by atoms with Crippen LogP contribution in [0, 0.1) is 6.92 Å². The third-order valence-electron chi connectivity index (χ3n) is 3.22. The van der Waals surface area contributed by atoms with Crippen LogP contribution in [0.1, 0.15) is 11.1 Å². The smallest absolute Gasteiger partial charge is 0.173 e. The lowest BCUT2D eigenvalue weighted by molar-refractivity contribution is 0.399. The second-order valence-electron chi connectivity index (χ2n) is 4.97. The number of hydrogen-bond donors (Lipinski definition) is 1. The molecule has 0 fully saturated rings. The first-order valence-corrected chi connectivity index (χ1v) is 7.21. The lowest BCUT2D eigenvalue weighted by Gasteiger charge is -2.22. The van der Waals surface area contributed by atoms with E-state index in [-0.39, 0.29) is 0 Å². The molecule has 0 spiro atoms. The third-order valence-corrected chi connectivity index (χ3v) is 3.63. The third kappa shape index (κ3) is 4.20. The average molecular weight is 300 g/mol. The number of nitrogens with one attached hydrogen (secondary N) is 1. The van der Waals surface area contributed by atoms with Crippen LogP contribution in [-0.4, -0.2) is 24.2 Å². The number of aryl methyl sites for hydroxylation is 1. The van der Waals surface area contributed by atoms with E-state index in [4.69, 9.17) is 17.0 Å². The van der Waals surface area contributed by atoms with Crippen LogP contribution in [0.15, 0.2) is 48.5 Å². The average Bonchev–Trinajstić information content (AvgIpc) is 2.47. The summed E-state index contributed by atoms with van der Waals surface area (Å²) >= 11 is 5.45. The summed E-state index contributed by atoms with van der Waals surface area (Å²) in [6, 6.07) is 16.1. The molecule has 2 rings (SSSR count). The molecular weight excluding hydrogens is 280 g/mol. The Morgan fingerprint density at radius 2 is 1.95 bits per heavy atom. The topological polar surface area (TPSA) is 24.5 Å². The zero-order valence-corrected chi connectivity index (χ0v) is 13.4. The summed E-state index contributed by atoms with van der Waals surface area (Å²) in [4.78, 5) is 2.00. The summed E-state index contributed by atoms with van der Waals surface area (Å²) < 4.78 is 5.37. The molecule has 0 amide bonds. The highest BCUT2D eigenvalue weighted by Gasteiger charge is 2.09. The van der Waals surface area contributed by atoms with E-state index in [0.29, 0.717) is 11.7 Å². The molecule has 21 heavy (non-hydrogen) atoms. The maximum absolute atomic E-state index is 5.45. The van der Waals surface area contributed by atoms with Gasteiger partial charge in [-0.2, -0.15) is 0 Å². The molecule has 0 aliphatic rings. The monoisotopic (exact) mass is 300 g/mol. The highest BCUT2D eigenvalue weighted by molar-refractivity contribution is 7.80. The largest absolute Gasteiger partial charge is 0.496 e. The number of benzene rings is 2. The normalized spacial score (nSPS) is 10.0. The number of thiocarbonyl (C=S) groups is 1. The molecule has 0 atom stereocenters. The van der Waals surface area contributed by atoms with Gasteiger partial charge in [-0.3, -0.25) is 0 Å². The van der Waals surface area contributed by atoms with E-state index in [0.717, 1.165) is 17.0 Å². The fraction of sp³-hybridized carbons (Fsp3) is 0.235. The van der Waals surface area contributed by atoms with Crippen molar-refractivity contribution in [2.24, 2.45) is 0 Å². The minimum absolute atomic E-state index is 0.687. The molecule has 0 bridgehead atoms. The van der Waals surface area contributed by atoms with Crippen molar-refractivity contribution < 1.29 is 4.74 Å². The fourth-order valence-electron chi connectivity index (χ4n) is 2.10. The number of rotatable bonds is 4. The van der Waals surface area contributed by atoms with Crippen molar-refractivity contribution in [3.63, 3.8) is 0 Å². The van der Waals surface area contributed by atoms with E-state index < -0.39 is 0 Å². The second kappa shape index (κ2) is 7.09. The molecule has 4 heteroatoms. The Morgan fingerprint density at radius 3 is 2.67 bits per heavy atom. The van der Waals surface area contributed by atoms with E-state index in [1.54, 1.807) is 7.11 Å². The van der Waals surface area contributed by atoms with E-state index in [1.807, 2.05) is 48.3 Å². The number of ether oxygens (including phenoxy) is 1. The van der Waals surface area contributed by atoms with Crippen LogP contribution in [0.4, 0.5) is 5.69 Å². The van der Waals surface area contributed by atoms with Crippen LogP contribution in [0.3, 0.4) is 0 Å². The van der Waals surface area contributed by atoms with Crippen molar-refractivity contribution in [3.05, 3.63) is 59.7 Å². The van der Waals surface area contributed by atoms with Crippen LogP contribution >= 0.6 is 12.2 Å². The van der Waals surface area contributed by atoms with Gasteiger partial charge in [-0.15, -0.1) is 0 Å². The Hall–Kier alpha value is -2.07. The van der Waals surface area contributed by atoms with Crippen molar-refractivity contribution in [1.82, 2.24) is 4.90 Å². The molecule has 0 aliphatic heterocycles. The van der Waals surface area contributed by atoms with Gasteiger partial charge in [-0.25, -0.2) is 0 Å². The summed E-state index contributed by atoms with van der Waals surface area (Å²) in [5.74, 6) is 0.878. The summed E-state index contributed by atoms with van der Waals surface area (Å²) in [7, 11) is 3.65. The number of para-hydroxylation sites is 1. The van der Waals surface area contributed by atoms with Crippen molar-refractivity contribution in [1.29, 1.82) is 0 Å². The minimum atomic E-state index is 0.687. The zero-order valence-electron chi connectivity index (χ0n) is 12.6. The van der Waals surface area contributed by atoms with Gasteiger partial charge in [-0.05, 0) is 42.9 Å². The maximum Gasteiger partial charge on any atom is 0.173 e. The summed E-state index contributed by atoms with van der Waals surface area (Å²) in [5, 5.41) is 3.94. The molecule has 3 nitrogen and oxygen atoms in total. The molecule has 0 unspecified atom stereocenters. The Balaban J connectivity index is 2.02. The van der Waals surface area contributed by atoms with Gasteiger partial charge in [-0.1, -0.05) is 30.3 Å². The molecular formula is C17H20N2OS. The lowest BCUT2D eigenvalue weighted by atomic mass is 10.2. The predicted molar refractivity (Wildman–Crippen MR) is 91.9 cm³/mol. The molecule has 0 aromatic heterocycles. The van der Waals surface area contributed by atoms with Crippen LogP contribution in [0.25, 0.3) is 0 Å². The van der Waals surface area contributed by atoms with E-state index in [2.05, 4.69) is 24.4 Å². The molecule has 0 aliphatic carbocycles. The van der Waals surface area contributed by atoms with Gasteiger partial charge in [0.1, 0.15) is 5.75 Å². The molecule has 2 aromatic rings. The summed E-state index contributed by atoms with van der Waals surface area (Å²) in [6.07, 6.45) is 0. The molecule has 1 N–H and O–H groups in total. The number of methoxy groups -OCH3 is 1. The summed E-state index contributed by atoms with van der Waals surface area (Å²) in [6.45, 7) is 2.76. The highest BCUT2D eigenvalue weighted by atomic mass is 32.1. The van der Waals surface area contributed by atoms with Gasteiger partial charge in [0.25, 0.3) is 0 Å². The SMILES string of the molecule is COc1ccccc1CN(C)C(=S)Nc1cccc(C)c1. The fourth-order valence-corrected chi connectivity index (χ4v) is 2.29. The zero-order chi connectivity index (χ0) is 15.2. The molecule has 110 valence electrons. The predicted octanol–water partition coefficient (Wildman–Crippen LogP) is 3.83. The van der Waals surface area contributed by atoms with E-state index in [9.17, 15) is 0 Å². The van der Waals surface area contributed by atoms with Crippen LogP contribution < -0.4 is 10.1 Å². The quantitative estimate of drug-likeness (QED) is 0.867. The number of hydrogen-bond acceptors (Lipinski definition) is 2. The van der Waals surface area contributed by atoms with Crippen molar-refractivity contribution in [2.45, 2.75) is 13.5 Å². The molecule has 0 saturated carbocycles. The number of nitrogens with zero attached hydrogens (tertiary/aromatic N) is 1. The highest BCUT2D eigenvalue weighted by Crippen LogP contribution is 2.19. The van der Waals surface area contributed by atoms with Gasteiger partial charge >= 0.3 is 0 Å². The second-order valence-corrected chi connectivity index (χ2v) is 5.35. The van der Waals surface area contributed by atoms with E-state index >= 15 is 0 Å². The Kier molecular flexibility index (Phi) is 5.17. The molecule has 0 radical (unpaired) electrons. The summed E-state index contributed by atoms with van der Waals surface area (Å²) in [5.41, 5.74) is 3.32. The maximum atomic E-state index is 5.45. The molecule has 0 heterocycles. The van der Waals surface area contributed by atoms with Crippen LogP contribution in [0.2, 0.25) is 0 Å². The Morgan fingerprint density at radius 1 is 1.19 bits per heavy atom. The van der Waals surface area contributed by atoms with Gasteiger partial charge in [0.15, 0.2) is 5.11 Å². The number of anilines is 1. The van der Waals surface area contributed by atoms with E-state index in [1.165, 1.54) is 5.56 Å². The first-order valence-electron chi connectivity index (χ1n) is 6.81. The van der Waals surface area contributed by atoms with Crippen molar-refractivity contribution >= 4 is 23.0 Å². The van der Waals surface area contributed by atoms with Gasteiger partial charge in [0, 0.05) is 24.8 Å². The van der Waals surface area contributed by atoms with Gasteiger partial charge < -0.3 is 15.0 Å². The first-order chi connectivity index (χ1) is 10.1.